The summed E-state index contributed by atoms with van der Waals surface area (Å²) in [5.74, 6) is 0. The first-order valence-corrected chi connectivity index (χ1v) is 4.46. The summed E-state index contributed by atoms with van der Waals surface area (Å²) in [7, 11) is 0. The van der Waals surface area contributed by atoms with Crippen LogP contribution in [0.3, 0.4) is 0 Å². The van der Waals surface area contributed by atoms with E-state index >= 15 is 0 Å². The minimum absolute atomic E-state index is 0.170. The van der Waals surface area contributed by atoms with Gasteiger partial charge in [0.25, 0.3) is 0 Å². The molecule has 1 heterocycles. The SMILES string of the molecule is Cc1ccc2c(c1)C(C)(F)COC2. The molecular formula is C11H13FO. The van der Waals surface area contributed by atoms with Crippen molar-refractivity contribution in [1.29, 1.82) is 0 Å². The molecule has 0 N–H and O–H groups in total. The Morgan fingerprint density at radius 1 is 1.46 bits per heavy atom. The van der Waals surface area contributed by atoms with E-state index in [-0.39, 0.29) is 6.61 Å². The number of hydrogen-bond donors (Lipinski definition) is 0. The summed E-state index contributed by atoms with van der Waals surface area (Å²) in [4.78, 5) is 0. The van der Waals surface area contributed by atoms with E-state index in [1.807, 2.05) is 25.1 Å². The number of benzene rings is 1. The van der Waals surface area contributed by atoms with Gasteiger partial charge in [0.2, 0.25) is 0 Å². The summed E-state index contributed by atoms with van der Waals surface area (Å²) in [5, 5.41) is 0. The maximum absolute atomic E-state index is 13.9. The molecule has 1 aromatic carbocycles. The van der Waals surface area contributed by atoms with Crippen molar-refractivity contribution >= 4 is 0 Å². The first-order chi connectivity index (χ1) is 6.09. The Bertz CT molecular complexity index is 331. The van der Waals surface area contributed by atoms with E-state index in [9.17, 15) is 4.39 Å². The number of rotatable bonds is 0. The van der Waals surface area contributed by atoms with Gasteiger partial charge in [0.1, 0.15) is 0 Å². The van der Waals surface area contributed by atoms with E-state index in [0.717, 1.165) is 16.7 Å². The zero-order chi connectivity index (χ0) is 9.47. The highest BCUT2D eigenvalue weighted by atomic mass is 19.1. The Kier molecular flexibility index (Phi) is 1.88. The molecule has 2 rings (SSSR count). The van der Waals surface area contributed by atoms with Crippen LogP contribution < -0.4 is 0 Å². The molecule has 0 saturated carbocycles. The molecular weight excluding hydrogens is 167 g/mol. The van der Waals surface area contributed by atoms with Crippen LogP contribution in [0.25, 0.3) is 0 Å². The summed E-state index contributed by atoms with van der Waals surface area (Å²) < 4.78 is 19.1. The predicted octanol–water partition coefficient (Wildman–Crippen LogP) is 2.71. The molecule has 1 nitrogen and oxygen atoms in total. The van der Waals surface area contributed by atoms with Gasteiger partial charge in [-0.3, -0.25) is 0 Å². The predicted molar refractivity (Wildman–Crippen MR) is 49.3 cm³/mol. The highest BCUT2D eigenvalue weighted by Crippen LogP contribution is 2.33. The van der Waals surface area contributed by atoms with Crippen molar-refractivity contribution in [3.8, 4) is 0 Å². The van der Waals surface area contributed by atoms with Gasteiger partial charge in [0, 0.05) is 0 Å². The monoisotopic (exact) mass is 180 g/mol. The van der Waals surface area contributed by atoms with Gasteiger partial charge in [-0.25, -0.2) is 4.39 Å². The molecule has 70 valence electrons. The van der Waals surface area contributed by atoms with Crippen molar-refractivity contribution in [1.82, 2.24) is 0 Å². The number of fused-ring (bicyclic) bond motifs is 1. The third-order valence-electron chi connectivity index (χ3n) is 2.46. The van der Waals surface area contributed by atoms with Crippen molar-refractivity contribution in [3.05, 3.63) is 34.9 Å². The topological polar surface area (TPSA) is 9.23 Å². The van der Waals surface area contributed by atoms with Crippen molar-refractivity contribution < 1.29 is 9.13 Å². The molecule has 1 unspecified atom stereocenters. The fraction of sp³-hybridized carbons (Fsp3) is 0.455. The van der Waals surface area contributed by atoms with Crippen LogP contribution in [-0.2, 0) is 17.0 Å². The first-order valence-electron chi connectivity index (χ1n) is 4.46. The van der Waals surface area contributed by atoms with Gasteiger partial charge in [-0.1, -0.05) is 23.8 Å². The second kappa shape index (κ2) is 2.81. The number of ether oxygens (including phenoxy) is 1. The smallest absolute Gasteiger partial charge is 0.156 e. The lowest BCUT2D eigenvalue weighted by Crippen LogP contribution is -2.28. The lowest BCUT2D eigenvalue weighted by molar-refractivity contribution is -0.00467. The van der Waals surface area contributed by atoms with Crippen molar-refractivity contribution in [2.24, 2.45) is 0 Å². The minimum atomic E-state index is -1.32. The summed E-state index contributed by atoms with van der Waals surface area (Å²) in [6, 6.07) is 5.85. The summed E-state index contributed by atoms with van der Waals surface area (Å²) in [6.45, 7) is 4.26. The van der Waals surface area contributed by atoms with Crippen LogP contribution in [0.15, 0.2) is 18.2 Å². The highest BCUT2D eigenvalue weighted by Gasteiger charge is 2.32. The summed E-state index contributed by atoms with van der Waals surface area (Å²) in [6.07, 6.45) is 0. The maximum atomic E-state index is 13.9. The number of aryl methyl sites for hydroxylation is 1. The first kappa shape index (κ1) is 8.70. The Balaban J connectivity index is 2.55. The van der Waals surface area contributed by atoms with Gasteiger partial charge in [0.15, 0.2) is 5.67 Å². The van der Waals surface area contributed by atoms with Crippen LogP contribution in [0.4, 0.5) is 4.39 Å². The van der Waals surface area contributed by atoms with E-state index in [1.165, 1.54) is 0 Å². The van der Waals surface area contributed by atoms with Crippen LogP contribution in [0.5, 0.6) is 0 Å². The Hall–Kier alpha value is -0.890. The van der Waals surface area contributed by atoms with E-state index in [1.54, 1.807) is 6.92 Å². The van der Waals surface area contributed by atoms with Crippen molar-refractivity contribution in [2.45, 2.75) is 26.1 Å². The van der Waals surface area contributed by atoms with Crippen LogP contribution in [-0.4, -0.2) is 6.61 Å². The summed E-state index contributed by atoms with van der Waals surface area (Å²) >= 11 is 0. The van der Waals surface area contributed by atoms with E-state index in [2.05, 4.69) is 0 Å². The molecule has 0 aromatic heterocycles. The quantitative estimate of drug-likeness (QED) is 0.596. The molecule has 0 fully saturated rings. The molecule has 0 saturated heterocycles. The Morgan fingerprint density at radius 2 is 2.23 bits per heavy atom. The molecule has 1 aromatic rings. The molecule has 1 aliphatic heterocycles. The van der Waals surface area contributed by atoms with Crippen LogP contribution in [0.1, 0.15) is 23.6 Å². The molecule has 1 aliphatic rings. The third-order valence-corrected chi connectivity index (χ3v) is 2.46. The molecule has 0 bridgehead atoms. The second-order valence-electron chi connectivity index (χ2n) is 3.85. The average Bonchev–Trinajstić information content (AvgIpc) is 2.06. The maximum Gasteiger partial charge on any atom is 0.156 e. The number of hydrogen-bond acceptors (Lipinski definition) is 1. The lowest BCUT2D eigenvalue weighted by Gasteiger charge is -2.28. The molecule has 13 heavy (non-hydrogen) atoms. The van der Waals surface area contributed by atoms with E-state index in [0.29, 0.717) is 6.61 Å². The van der Waals surface area contributed by atoms with Crippen molar-refractivity contribution in [2.75, 3.05) is 6.61 Å². The van der Waals surface area contributed by atoms with Gasteiger partial charge < -0.3 is 4.74 Å². The van der Waals surface area contributed by atoms with E-state index in [4.69, 9.17) is 4.74 Å². The normalized spacial score (nSPS) is 27.0. The molecule has 0 radical (unpaired) electrons. The van der Waals surface area contributed by atoms with E-state index < -0.39 is 5.67 Å². The standard InChI is InChI=1S/C11H13FO/c1-8-3-4-9-6-13-7-11(2,12)10(9)5-8/h3-5H,6-7H2,1-2H3. The molecule has 2 heteroatoms. The van der Waals surface area contributed by atoms with Gasteiger partial charge in [0.05, 0.1) is 13.2 Å². The average molecular weight is 180 g/mol. The number of halogens is 1. The van der Waals surface area contributed by atoms with Gasteiger partial charge in [-0.15, -0.1) is 0 Å². The van der Waals surface area contributed by atoms with Crippen molar-refractivity contribution in [3.63, 3.8) is 0 Å². The Morgan fingerprint density at radius 3 is 3.00 bits per heavy atom. The van der Waals surface area contributed by atoms with Gasteiger partial charge >= 0.3 is 0 Å². The fourth-order valence-corrected chi connectivity index (χ4v) is 1.73. The van der Waals surface area contributed by atoms with Crippen LogP contribution in [0.2, 0.25) is 0 Å². The third kappa shape index (κ3) is 1.46. The zero-order valence-corrected chi connectivity index (χ0v) is 7.93. The van der Waals surface area contributed by atoms with Crippen LogP contribution in [0, 0.1) is 6.92 Å². The zero-order valence-electron chi connectivity index (χ0n) is 7.93. The van der Waals surface area contributed by atoms with Gasteiger partial charge in [-0.2, -0.15) is 0 Å². The summed E-state index contributed by atoms with van der Waals surface area (Å²) in [5.41, 5.74) is 1.55. The fourth-order valence-electron chi connectivity index (χ4n) is 1.73. The molecule has 0 spiro atoms. The number of alkyl halides is 1. The lowest BCUT2D eigenvalue weighted by atomic mass is 9.90. The highest BCUT2D eigenvalue weighted by molar-refractivity contribution is 5.36. The molecule has 1 atom stereocenters. The molecule has 0 amide bonds. The Labute approximate surface area is 77.5 Å². The molecule has 0 aliphatic carbocycles. The minimum Gasteiger partial charge on any atom is -0.373 e. The second-order valence-corrected chi connectivity index (χ2v) is 3.85. The largest absolute Gasteiger partial charge is 0.373 e. The van der Waals surface area contributed by atoms with Gasteiger partial charge in [-0.05, 0) is 25.0 Å². The van der Waals surface area contributed by atoms with Crippen LogP contribution >= 0.6 is 0 Å².